The van der Waals surface area contributed by atoms with Crippen LogP contribution in [0.3, 0.4) is 0 Å². The van der Waals surface area contributed by atoms with Gasteiger partial charge in [0.2, 0.25) is 0 Å². The Morgan fingerprint density at radius 3 is 1.50 bits per heavy atom. The number of alkyl halides is 2. The maximum absolute atomic E-state index is 14.8. The Balaban J connectivity index is 1.04. The van der Waals surface area contributed by atoms with Gasteiger partial charge in [0.25, 0.3) is 0 Å². The molecule has 0 amide bonds. The van der Waals surface area contributed by atoms with Crippen LogP contribution in [0.25, 0.3) is 0 Å². The number of rotatable bonds is 6. The van der Waals surface area contributed by atoms with Crippen LogP contribution >= 0.6 is 0 Å². The molecule has 3 saturated carbocycles. The van der Waals surface area contributed by atoms with Gasteiger partial charge in [-0.05, 0) is 101 Å². The topological polar surface area (TPSA) is 27.7 Å². The molecule has 38 heavy (non-hydrogen) atoms. The fourth-order valence-electron chi connectivity index (χ4n) is 7.62. The molecule has 1 aliphatic heterocycles. The van der Waals surface area contributed by atoms with E-state index in [0.29, 0.717) is 48.6 Å². The van der Waals surface area contributed by atoms with E-state index in [4.69, 9.17) is 9.47 Å². The summed E-state index contributed by atoms with van der Waals surface area (Å²) in [7, 11) is 0. The van der Waals surface area contributed by atoms with Crippen molar-refractivity contribution in [2.45, 2.75) is 96.4 Å². The van der Waals surface area contributed by atoms with E-state index in [1.54, 1.807) is 0 Å². The molecule has 3 aliphatic carbocycles. The zero-order chi connectivity index (χ0) is 26.9. The van der Waals surface area contributed by atoms with Crippen LogP contribution in [0.4, 0.5) is 22.0 Å². The Morgan fingerprint density at radius 1 is 0.658 bits per heavy atom. The van der Waals surface area contributed by atoms with Crippen molar-refractivity contribution in [3.05, 3.63) is 29.6 Å². The summed E-state index contributed by atoms with van der Waals surface area (Å²) in [6.45, 7) is 3.76. The summed E-state index contributed by atoms with van der Waals surface area (Å²) in [5.74, 6) is -2.88. The highest BCUT2D eigenvalue weighted by Crippen LogP contribution is 2.48. The fourth-order valence-corrected chi connectivity index (χ4v) is 7.62. The second kappa shape index (κ2) is 12.0. The molecule has 0 radical (unpaired) electrons. The predicted molar refractivity (Wildman–Crippen MR) is 133 cm³/mol. The van der Waals surface area contributed by atoms with Gasteiger partial charge in [-0.25, -0.2) is 13.2 Å². The lowest BCUT2D eigenvalue weighted by molar-refractivity contribution is -0.227. The molecule has 0 aromatic heterocycles. The molecule has 0 unspecified atom stereocenters. The first kappa shape index (κ1) is 28.1. The maximum atomic E-state index is 14.8. The molecule has 0 bridgehead atoms. The van der Waals surface area contributed by atoms with Crippen molar-refractivity contribution in [2.24, 2.45) is 41.4 Å². The molecule has 214 valence electrons. The highest BCUT2D eigenvalue weighted by Gasteiger charge is 2.45. The molecule has 1 heterocycles. The van der Waals surface area contributed by atoms with Gasteiger partial charge >= 0.3 is 6.11 Å². The smallest absolute Gasteiger partial charge is 0.400 e. The number of hydrogen-bond acceptors (Lipinski definition) is 3. The second-order valence-corrected chi connectivity index (χ2v) is 12.5. The van der Waals surface area contributed by atoms with Crippen LogP contribution in [-0.2, 0) is 9.47 Å². The maximum Gasteiger partial charge on any atom is 0.400 e. The first-order valence-electron chi connectivity index (χ1n) is 14.6. The van der Waals surface area contributed by atoms with Crippen LogP contribution in [0.15, 0.2) is 12.1 Å². The molecule has 4 fully saturated rings. The van der Waals surface area contributed by atoms with Crippen molar-refractivity contribution in [3.8, 4) is 5.75 Å². The summed E-state index contributed by atoms with van der Waals surface area (Å²) >= 11 is 0. The average molecular weight is 545 g/mol. The van der Waals surface area contributed by atoms with E-state index in [-0.39, 0.29) is 6.29 Å². The van der Waals surface area contributed by atoms with Gasteiger partial charge in [0.05, 0.1) is 19.1 Å². The van der Waals surface area contributed by atoms with Crippen molar-refractivity contribution in [2.75, 3.05) is 13.2 Å². The Morgan fingerprint density at radius 2 is 1.05 bits per heavy atom. The van der Waals surface area contributed by atoms with E-state index in [1.165, 1.54) is 51.4 Å². The summed E-state index contributed by atoms with van der Waals surface area (Å²) in [5.41, 5.74) is 0. The molecule has 3 nitrogen and oxygen atoms in total. The van der Waals surface area contributed by atoms with E-state index in [9.17, 15) is 22.0 Å². The largest absolute Gasteiger partial charge is 0.432 e. The molecule has 5 rings (SSSR count). The lowest BCUT2D eigenvalue weighted by atomic mass is 9.65. The SMILES string of the molecule is CC1COC(C2CCC(C3CCC(C4CCC(C(F)(F)Oc5cc(F)c(F)c(F)c5)CC4)CC3)CC2)OC1. The number of ether oxygens (including phenoxy) is 3. The van der Waals surface area contributed by atoms with Gasteiger partial charge in [-0.15, -0.1) is 0 Å². The Kier molecular flexibility index (Phi) is 8.88. The van der Waals surface area contributed by atoms with Gasteiger partial charge in [0.1, 0.15) is 5.75 Å². The van der Waals surface area contributed by atoms with Crippen molar-refractivity contribution in [3.63, 3.8) is 0 Å². The normalized spacial score (nSPS) is 37.1. The third-order valence-electron chi connectivity index (χ3n) is 9.90. The van der Waals surface area contributed by atoms with Gasteiger partial charge < -0.3 is 14.2 Å². The van der Waals surface area contributed by atoms with E-state index in [2.05, 4.69) is 11.7 Å². The van der Waals surface area contributed by atoms with E-state index >= 15 is 0 Å². The molecule has 1 aromatic rings. The number of benzene rings is 1. The van der Waals surface area contributed by atoms with E-state index in [1.807, 2.05) is 0 Å². The quantitative estimate of drug-likeness (QED) is 0.265. The monoisotopic (exact) mass is 544 g/mol. The highest BCUT2D eigenvalue weighted by atomic mass is 19.3. The first-order valence-corrected chi connectivity index (χ1v) is 14.6. The van der Waals surface area contributed by atoms with Crippen molar-refractivity contribution >= 4 is 0 Å². The van der Waals surface area contributed by atoms with Gasteiger partial charge in [0, 0.05) is 24.0 Å². The van der Waals surface area contributed by atoms with Crippen molar-refractivity contribution < 1.29 is 36.2 Å². The van der Waals surface area contributed by atoms with E-state index < -0.39 is 35.2 Å². The van der Waals surface area contributed by atoms with Gasteiger partial charge in [-0.2, -0.15) is 8.78 Å². The summed E-state index contributed by atoms with van der Waals surface area (Å²) in [6.07, 6.45) is 8.18. The van der Waals surface area contributed by atoms with Crippen LogP contribution < -0.4 is 4.74 Å². The molecular weight excluding hydrogens is 503 g/mol. The first-order chi connectivity index (χ1) is 18.2. The fraction of sp³-hybridized carbons (Fsp3) is 0.800. The van der Waals surface area contributed by atoms with Crippen LogP contribution in [0.5, 0.6) is 5.75 Å². The molecular formula is C30H41F5O3. The Bertz CT molecular complexity index is 887. The summed E-state index contributed by atoms with van der Waals surface area (Å²) in [5, 5.41) is 0. The van der Waals surface area contributed by atoms with E-state index in [0.717, 1.165) is 37.9 Å². The molecule has 0 spiro atoms. The summed E-state index contributed by atoms with van der Waals surface area (Å²) in [4.78, 5) is 0. The molecule has 4 aliphatic rings. The van der Waals surface area contributed by atoms with Crippen LogP contribution in [0.1, 0.15) is 84.0 Å². The molecule has 1 saturated heterocycles. The summed E-state index contributed by atoms with van der Waals surface area (Å²) < 4.78 is 86.1. The predicted octanol–water partition coefficient (Wildman–Crippen LogP) is 8.50. The Labute approximate surface area is 222 Å². The van der Waals surface area contributed by atoms with Gasteiger partial charge in [-0.3, -0.25) is 0 Å². The molecule has 8 heteroatoms. The lowest BCUT2D eigenvalue weighted by Gasteiger charge is -2.43. The van der Waals surface area contributed by atoms with Crippen molar-refractivity contribution in [1.29, 1.82) is 0 Å². The highest BCUT2D eigenvalue weighted by molar-refractivity contribution is 5.25. The van der Waals surface area contributed by atoms with Crippen molar-refractivity contribution in [1.82, 2.24) is 0 Å². The van der Waals surface area contributed by atoms with Gasteiger partial charge in [0.15, 0.2) is 23.7 Å². The minimum absolute atomic E-state index is 0.0196. The van der Waals surface area contributed by atoms with Gasteiger partial charge in [-0.1, -0.05) is 6.92 Å². The third-order valence-corrected chi connectivity index (χ3v) is 9.90. The molecule has 0 N–H and O–H groups in total. The lowest BCUT2D eigenvalue weighted by Crippen LogP contribution is -2.39. The molecule has 1 aromatic carbocycles. The number of halogens is 5. The second-order valence-electron chi connectivity index (χ2n) is 12.5. The minimum Gasteiger partial charge on any atom is -0.432 e. The standard InChI is InChI=1S/C30H41F5O3/c1-18-16-36-29(37-17-18)23-8-6-21(7-9-23)19-2-4-20(5-3-19)22-10-12-24(13-11-22)30(34,35)38-25-14-26(31)28(33)27(32)15-25/h14-15,18-24,29H,2-13,16-17H2,1H3. The third kappa shape index (κ3) is 6.48. The summed E-state index contributed by atoms with van der Waals surface area (Å²) in [6, 6.07) is 0.946. The van der Waals surface area contributed by atoms with Crippen LogP contribution in [-0.4, -0.2) is 25.6 Å². The minimum atomic E-state index is -3.55. The average Bonchev–Trinajstić information content (AvgIpc) is 2.92. The zero-order valence-electron chi connectivity index (χ0n) is 22.3. The van der Waals surface area contributed by atoms with Crippen LogP contribution in [0.2, 0.25) is 0 Å². The number of hydrogen-bond donors (Lipinski definition) is 0. The zero-order valence-corrected chi connectivity index (χ0v) is 22.3. The Hall–Kier alpha value is -1.41. The van der Waals surface area contributed by atoms with Crippen LogP contribution in [0, 0.1) is 58.9 Å². The molecule has 0 atom stereocenters.